The van der Waals surface area contributed by atoms with Gasteiger partial charge in [0.1, 0.15) is 0 Å². The molecule has 0 atom stereocenters. The molecule has 15 heavy (non-hydrogen) atoms. The zero-order valence-electron chi connectivity index (χ0n) is 10.0. The minimum absolute atomic E-state index is 0.323. The molecule has 0 aromatic rings. The molecule has 1 fully saturated rings. The van der Waals surface area contributed by atoms with Crippen LogP contribution in [0.1, 0.15) is 33.6 Å². The molecule has 0 aromatic heterocycles. The standard InChI is InChI=1S/C12H21N3/c1-12(2,3)15-6-4-10(5-7-15)11-8-13-14-9-11/h8,10H,4-7,9H2,1-3H3. The summed E-state index contributed by atoms with van der Waals surface area (Å²) < 4.78 is 0. The lowest BCUT2D eigenvalue weighted by atomic mass is 9.88. The summed E-state index contributed by atoms with van der Waals surface area (Å²) in [5.74, 6) is 0.735. The predicted molar refractivity (Wildman–Crippen MR) is 61.9 cm³/mol. The molecule has 0 spiro atoms. The molecule has 0 radical (unpaired) electrons. The van der Waals surface area contributed by atoms with Crippen LogP contribution in [0.3, 0.4) is 0 Å². The summed E-state index contributed by atoms with van der Waals surface area (Å²) >= 11 is 0. The number of nitrogens with zero attached hydrogens (tertiary/aromatic N) is 3. The van der Waals surface area contributed by atoms with E-state index in [0.29, 0.717) is 5.54 Å². The number of piperidine rings is 1. The van der Waals surface area contributed by atoms with Gasteiger partial charge in [-0.3, -0.25) is 4.90 Å². The van der Waals surface area contributed by atoms with E-state index in [1.165, 1.54) is 31.5 Å². The predicted octanol–water partition coefficient (Wildman–Crippen LogP) is 2.85. The summed E-state index contributed by atoms with van der Waals surface area (Å²) in [6.45, 7) is 10.2. The van der Waals surface area contributed by atoms with Gasteiger partial charge in [-0.15, -0.1) is 0 Å². The second kappa shape index (κ2) is 4.05. The maximum Gasteiger partial charge on any atom is 0.0834 e. The first-order valence-corrected chi connectivity index (χ1v) is 5.88. The van der Waals surface area contributed by atoms with Gasteiger partial charge in [-0.1, -0.05) is 0 Å². The molecule has 0 aromatic carbocycles. The van der Waals surface area contributed by atoms with E-state index < -0.39 is 0 Å². The van der Waals surface area contributed by atoms with Gasteiger partial charge in [0.05, 0.1) is 12.7 Å². The van der Waals surface area contributed by atoms with Gasteiger partial charge in [-0.05, 0) is 58.2 Å². The Balaban J connectivity index is 1.87. The molecule has 3 nitrogen and oxygen atoms in total. The molecule has 2 aliphatic heterocycles. The van der Waals surface area contributed by atoms with E-state index in [9.17, 15) is 0 Å². The Morgan fingerprint density at radius 1 is 1.27 bits per heavy atom. The molecule has 2 aliphatic rings. The number of hydrogen-bond acceptors (Lipinski definition) is 3. The van der Waals surface area contributed by atoms with Crippen molar-refractivity contribution in [2.75, 3.05) is 19.6 Å². The van der Waals surface area contributed by atoms with Gasteiger partial charge in [0.15, 0.2) is 0 Å². The lowest BCUT2D eigenvalue weighted by molar-refractivity contribution is 0.0948. The minimum Gasteiger partial charge on any atom is -0.298 e. The monoisotopic (exact) mass is 207 g/mol. The highest BCUT2D eigenvalue weighted by Gasteiger charge is 2.28. The van der Waals surface area contributed by atoms with Crippen molar-refractivity contribution in [1.29, 1.82) is 0 Å². The minimum atomic E-state index is 0.323. The fourth-order valence-corrected chi connectivity index (χ4v) is 2.43. The number of likely N-dealkylation sites (tertiary alicyclic amines) is 1. The van der Waals surface area contributed by atoms with Crippen molar-refractivity contribution in [3.63, 3.8) is 0 Å². The van der Waals surface area contributed by atoms with Gasteiger partial charge in [-0.25, -0.2) is 0 Å². The van der Waals surface area contributed by atoms with Gasteiger partial charge >= 0.3 is 0 Å². The number of hydrogen-bond donors (Lipinski definition) is 0. The van der Waals surface area contributed by atoms with E-state index >= 15 is 0 Å². The van der Waals surface area contributed by atoms with Crippen molar-refractivity contribution in [3.05, 3.63) is 11.8 Å². The summed E-state index contributed by atoms with van der Waals surface area (Å²) in [5.41, 5.74) is 1.77. The summed E-state index contributed by atoms with van der Waals surface area (Å²) in [5, 5.41) is 7.98. The highest BCUT2D eigenvalue weighted by molar-refractivity contribution is 5.12. The second-order valence-electron chi connectivity index (χ2n) is 5.55. The van der Waals surface area contributed by atoms with Crippen LogP contribution in [0.2, 0.25) is 0 Å². The Morgan fingerprint density at radius 2 is 1.93 bits per heavy atom. The Hall–Kier alpha value is -0.700. The molecule has 1 saturated heterocycles. The molecular weight excluding hydrogens is 186 g/mol. The summed E-state index contributed by atoms with van der Waals surface area (Å²) in [6, 6.07) is 0. The first-order chi connectivity index (χ1) is 7.07. The molecule has 84 valence electrons. The van der Waals surface area contributed by atoms with Crippen LogP contribution in [-0.4, -0.2) is 30.1 Å². The third-order valence-electron chi connectivity index (χ3n) is 3.53. The van der Waals surface area contributed by atoms with E-state index in [1.807, 2.05) is 6.20 Å². The Morgan fingerprint density at radius 3 is 2.40 bits per heavy atom. The summed E-state index contributed by atoms with van der Waals surface area (Å²) in [7, 11) is 0. The molecule has 0 amide bonds. The molecule has 0 N–H and O–H groups in total. The van der Waals surface area contributed by atoms with Crippen LogP contribution in [0, 0.1) is 5.92 Å². The normalized spacial score (nSPS) is 24.6. The van der Waals surface area contributed by atoms with Crippen LogP contribution in [0.15, 0.2) is 22.0 Å². The van der Waals surface area contributed by atoms with Crippen molar-refractivity contribution < 1.29 is 0 Å². The zero-order valence-corrected chi connectivity index (χ0v) is 10.0. The van der Waals surface area contributed by atoms with Crippen LogP contribution >= 0.6 is 0 Å². The van der Waals surface area contributed by atoms with Crippen LogP contribution in [-0.2, 0) is 0 Å². The fourth-order valence-electron chi connectivity index (χ4n) is 2.43. The van der Waals surface area contributed by atoms with Crippen molar-refractivity contribution in [2.45, 2.75) is 39.2 Å². The first-order valence-electron chi connectivity index (χ1n) is 5.88. The largest absolute Gasteiger partial charge is 0.298 e. The Bertz CT molecular complexity index is 278. The van der Waals surface area contributed by atoms with E-state index in [4.69, 9.17) is 0 Å². The third kappa shape index (κ3) is 2.46. The summed E-state index contributed by atoms with van der Waals surface area (Å²) in [6.07, 6.45) is 4.51. The van der Waals surface area contributed by atoms with E-state index in [-0.39, 0.29) is 0 Å². The van der Waals surface area contributed by atoms with Crippen LogP contribution in [0.5, 0.6) is 0 Å². The molecule has 3 heteroatoms. The second-order valence-corrected chi connectivity index (χ2v) is 5.55. The van der Waals surface area contributed by atoms with E-state index in [2.05, 4.69) is 35.9 Å². The van der Waals surface area contributed by atoms with Crippen molar-refractivity contribution in [1.82, 2.24) is 4.90 Å². The smallest absolute Gasteiger partial charge is 0.0834 e. The van der Waals surface area contributed by atoms with Crippen LogP contribution in [0.25, 0.3) is 0 Å². The Kier molecular flexibility index (Phi) is 2.91. The van der Waals surface area contributed by atoms with Gasteiger partial charge in [-0.2, -0.15) is 10.2 Å². The molecular formula is C12H21N3. The lowest BCUT2D eigenvalue weighted by Gasteiger charge is -2.41. The molecule has 0 saturated carbocycles. The van der Waals surface area contributed by atoms with Crippen molar-refractivity contribution >= 4 is 0 Å². The lowest BCUT2D eigenvalue weighted by Crippen LogP contribution is -2.46. The summed E-state index contributed by atoms with van der Waals surface area (Å²) in [4.78, 5) is 2.58. The first kappa shape index (κ1) is 10.8. The van der Waals surface area contributed by atoms with Gasteiger partial charge in [0.2, 0.25) is 0 Å². The highest BCUT2D eigenvalue weighted by Crippen LogP contribution is 2.29. The van der Waals surface area contributed by atoms with Crippen LogP contribution in [0.4, 0.5) is 0 Å². The third-order valence-corrected chi connectivity index (χ3v) is 3.53. The van der Waals surface area contributed by atoms with Crippen molar-refractivity contribution in [2.24, 2.45) is 16.1 Å². The molecule has 2 heterocycles. The zero-order chi connectivity index (χ0) is 10.9. The maximum absolute atomic E-state index is 4.03. The average Bonchev–Trinajstić information content (AvgIpc) is 2.69. The van der Waals surface area contributed by atoms with E-state index in [0.717, 1.165) is 12.5 Å². The van der Waals surface area contributed by atoms with Gasteiger partial charge in [0.25, 0.3) is 0 Å². The molecule has 0 aliphatic carbocycles. The molecule has 2 rings (SSSR count). The number of azo groups is 1. The average molecular weight is 207 g/mol. The van der Waals surface area contributed by atoms with Gasteiger partial charge < -0.3 is 0 Å². The van der Waals surface area contributed by atoms with Crippen molar-refractivity contribution in [3.8, 4) is 0 Å². The molecule has 0 unspecified atom stereocenters. The quantitative estimate of drug-likeness (QED) is 0.649. The number of rotatable bonds is 1. The molecule has 0 bridgehead atoms. The van der Waals surface area contributed by atoms with E-state index in [1.54, 1.807) is 0 Å². The SMILES string of the molecule is CC(C)(C)N1CCC(C2=CN=NC2)CC1. The Labute approximate surface area is 92.3 Å². The highest BCUT2D eigenvalue weighted by atomic mass is 15.2. The van der Waals surface area contributed by atoms with Gasteiger partial charge in [0, 0.05) is 5.54 Å². The van der Waals surface area contributed by atoms with Crippen LogP contribution < -0.4 is 0 Å². The fraction of sp³-hybridized carbons (Fsp3) is 0.833. The topological polar surface area (TPSA) is 28.0 Å². The maximum atomic E-state index is 4.03.